The summed E-state index contributed by atoms with van der Waals surface area (Å²) in [5, 5.41) is 2.65. The highest BCUT2D eigenvalue weighted by molar-refractivity contribution is 6.30. The molecule has 0 radical (unpaired) electrons. The summed E-state index contributed by atoms with van der Waals surface area (Å²) in [7, 11) is 0. The van der Waals surface area contributed by atoms with Crippen LogP contribution in [0.15, 0.2) is 30.4 Å². The van der Waals surface area contributed by atoms with Gasteiger partial charge in [-0.3, -0.25) is 0 Å². The Bertz CT molecular complexity index is 600. The zero-order chi connectivity index (χ0) is 15.8. The van der Waals surface area contributed by atoms with Crippen molar-refractivity contribution in [2.24, 2.45) is 0 Å². The van der Waals surface area contributed by atoms with E-state index in [0.717, 1.165) is 11.0 Å². The number of halogens is 4. The van der Waals surface area contributed by atoms with E-state index >= 15 is 0 Å². The largest absolute Gasteiger partial charge is 0.419 e. The Balaban J connectivity index is 2.85. The molecule has 1 aliphatic rings. The number of hydrogen-bond donors (Lipinski definition) is 1. The number of carbonyl (C=O) groups excluding carboxylic acids is 1. The fourth-order valence-electron chi connectivity index (χ4n) is 2.64. The van der Waals surface area contributed by atoms with E-state index in [1.165, 1.54) is 38.1 Å². The van der Waals surface area contributed by atoms with Gasteiger partial charge in [-0.1, -0.05) is 17.7 Å². The number of urea groups is 1. The maximum atomic E-state index is 13.9. The number of allylic oxidation sites excluding steroid dienone is 1. The van der Waals surface area contributed by atoms with Crippen LogP contribution in [0.4, 0.5) is 23.7 Å². The van der Waals surface area contributed by atoms with Crippen LogP contribution in [0.1, 0.15) is 19.4 Å². The van der Waals surface area contributed by atoms with E-state index in [1.54, 1.807) is 0 Å². The van der Waals surface area contributed by atoms with Crippen molar-refractivity contribution in [2.75, 3.05) is 11.9 Å². The van der Waals surface area contributed by atoms with Crippen LogP contribution in [-0.4, -0.2) is 23.7 Å². The molecule has 114 valence electrons. The second-order valence-corrected chi connectivity index (χ2v) is 5.06. The number of anilines is 1. The molecule has 2 rings (SSSR count). The lowest BCUT2D eigenvalue weighted by Crippen LogP contribution is -2.61. The number of rotatable bonds is 2. The molecule has 1 N–H and O–H groups in total. The molecule has 1 heterocycles. The third kappa shape index (κ3) is 2.27. The molecule has 1 aliphatic heterocycles. The van der Waals surface area contributed by atoms with Gasteiger partial charge in [0.05, 0.1) is 0 Å². The highest BCUT2D eigenvalue weighted by atomic mass is 35.5. The van der Waals surface area contributed by atoms with Gasteiger partial charge in [0.1, 0.15) is 0 Å². The quantitative estimate of drug-likeness (QED) is 0.798. The molecule has 0 unspecified atom stereocenters. The van der Waals surface area contributed by atoms with E-state index in [1.807, 2.05) is 0 Å². The first-order valence-corrected chi connectivity index (χ1v) is 6.75. The smallest absolute Gasteiger partial charge is 0.307 e. The summed E-state index contributed by atoms with van der Waals surface area (Å²) in [4.78, 5) is 12.8. The molecule has 7 heteroatoms. The SMILES string of the molecule is C/C=C/[C@@]1(C(F)(F)F)c2cc(Cl)ccc2NC(=O)N1CC. The summed E-state index contributed by atoms with van der Waals surface area (Å²) in [6.45, 7) is 2.89. The van der Waals surface area contributed by atoms with Crippen molar-refractivity contribution in [2.45, 2.75) is 25.6 Å². The summed E-state index contributed by atoms with van der Waals surface area (Å²) in [5.74, 6) is 0. The number of hydrogen-bond acceptors (Lipinski definition) is 1. The number of alkyl halides is 3. The monoisotopic (exact) mass is 318 g/mol. The van der Waals surface area contributed by atoms with Gasteiger partial charge in [0.15, 0.2) is 5.54 Å². The number of fused-ring (bicyclic) bond motifs is 1. The number of amides is 2. The minimum absolute atomic E-state index is 0.0814. The van der Waals surface area contributed by atoms with E-state index in [0.29, 0.717) is 0 Å². The molecular formula is C14H14ClF3N2O. The van der Waals surface area contributed by atoms with Crippen molar-refractivity contribution in [1.29, 1.82) is 0 Å². The van der Waals surface area contributed by atoms with Gasteiger partial charge >= 0.3 is 12.2 Å². The predicted molar refractivity (Wildman–Crippen MR) is 75.4 cm³/mol. The van der Waals surface area contributed by atoms with E-state index < -0.39 is 17.7 Å². The molecule has 0 aromatic heterocycles. The zero-order valence-electron chi connectivity index (χ0n) is 11.5. The van der Waals surface area contributed by atoms with Crippen molar-refractivity contribution in [3.05, 3.63) is 40.9 Å². The van der Waals surface area contributed by atoms with Gasteiger partial charge in [-0.15, -0.1) is 0 Å². The molecule has 2 amide bonds. The molecular weight excluding hydrogens is 305 g/mol. The van der Waals surface area contributed by atoms with Crippen LogP contribution < -0.4 is 5.32 Å². The molecule has 1 aromatic rings. The Morgan fingerprint density at radius 2 is 2.10 bits per heavy atom. The van der Waals surface area contributed by atoms with E-state index in [9.17, 15) is 18.0 Å². The molecule has 0 bridgehead atoms. The number of nitrogens with one attached hydrogen (secondary N) is 1. The Labute approximate surface area is 125 Å². The van der Waals surface area contributed by atoms with E-state index in [-0.39, 0.29) is 22.8 Å². The lowest BCUT2D eigenvalue weighted by Gasteiger charge is -2.46. The third-order valence-corrected chi connectivity index (χ3v) is 3.70. The molecule has 0 saturated heterocycles. The Kier molecular flexibility index (Phi) is 3.93. The van der Waals surface area contributed by atoms with Crippen molar-refractivity contribution < 1.29 is 18.0 Å². The van der Waals surface area contributed by atoms with Gasteiger partial charge in [-0.25, -0.2) is 4.79 Å². The van der Waals surface area contributed by atoms with Crippen LogP contribution in [0, 0.1) is 0 Å². The standard InChI is InChI=1S/C14H14ClF3N2O/c1-3-7-13(14(16,17)18)10-8-9(15)5-6-11(10)19-12(21)20(13)4-2/h3,5-8H,4H2,1-2H3,(H,19,21)/b7-3+/t13-/m0/s1. The van der Waals surface area contributed by atoms with E-state index in [2.05, 4.69) is 5.32 Å². The van der Waals surface area contributed by atoms with Crippen molar-refractivity contribution in [1.82, 2.24) is 4.90 Å². The first kappa shape index (κ1) is 15.7. The topological polar surface area (TPSA) is 32.3 Å². The van der Waals surface area contributed by atoms with Crippen LogP contribution in [0.3, 0.4) is 0 Å². The van der Waals surface area contributed by atoms with Gasteiger partial charge < -0.3 is 10.2 Å². The highest BCUT2D eigenvalue weighted by Crippen LogP contribution is 2.50. The summed E-state index contributed by atoms with van der Waals surface area (Å²) >= 11 is 5.86. The number of nitrogens with zero attached hydrogens (tertiary/aromatic N) is 1. The van der Waals surface area contributed by atoms with Gasteiger partial charge in [-0.2, -0.15) is 13.2 Å². The third-order valence-electron chi connectivity index (χ3n) is 3.46. The molecule has 0 spiro atoms. The second-order valence-electron chi connectivity index (χ2n) is 4.63. The normalized spacial score (nSPS) is 22.4. The lowest BCUT2D eigenvalue weighted by molar-refractivity contribution is -0.210. The maximum absolute atomic E-state index is 13.9. The number of benzene rings is 1. The van der Waals surface area contributed by atoms with Gasteiger partial charge in [-0.05, 0) is 38.1 Å². The number of likely N-dealkylation sites (N-methyl/N-ethyl adjacent to an activating group) is 1. The maximum Gasteiger partial charge on any atom is 0.419 e. The molecule has 1 aromatic carbocycles. The average molecular weight is 319 g/mol. The van der Waals surface area contributed by atoms with Crippen LogP contribution in [0.25, 0.3) is 0 Å². The molecule has 21 heavy (non-hydrogen) atoms. The van der Waals surface area contributed by atoms with Gasteiger partial charge in [0.25, 0.3) is 0 Å². The zero-order valence-corrected chi connectivity index (χ0v) is 12.2. The van der Waals surface area contributed by atoms with Gasteiger partial charge in [0.2, 0.25) is 0 Å². The fourth-order valence-corrected chi connectivity index (χ4v) is 2.82. The minimum atomic E-state index is -4.67. The second kappa shape index (κ2) is 5.26. The Hall–Kier alpha value is -1.69. The molecule has 3 nitrogen and oxygen atoms in total. The molecule has 0 saturated carbocycles. The molecule has 0 aliphatic carbocycles. The first-order chi connectivity index (χ1) is 9.77. The van der Waals surface area contributed by atoms with E-state index in [4.69, 9.17) is 11.6 Å². The number of carbonyl (C=O) groups is 1. The highest BCUT2D eigenvalue weighted by Gasteiger charge is 2.61. The van der Waals surface area contributed by atoms with Crippen molar-refractivity contribution in [3.8, 4) is 0 Å². The summed E-state index contributed by atoms with van der Waals surface area (Å²) in [6, 6.07) is 3.28. The molecule has 1 atom stereocenters. The summed E-state index contributed by atoms with van der Waals surface area (Å²) < 4.78 is 41.7. The Morgan fingerprint density at radius 3 is 2.62 bits per heavy atom. The van der Waals surface area contributed by atoms with Gasteiger partial charge in [0, 0.05) is 22.8 Å². The lowest BCUT2D eigenvalue weighted by atomic mass is 9.83. The van der Waals surface area contributed by atoms with Crippen LogP contribution >= 0.6 is 11.6 Å². The first-order valence-electron chi connectivity index (χ1n) is 6.37. The fraction of sp³-hybridized carbons (Fsp3) is 0.357. The van der Waals surface area contributed by atoms with Crippen LogP contribution in [-0.2, 0) is 5.54 Å². The average Bonchev–Trinajstić information content (AvgIpc) is 2.38. The minimum Gasteiger partial charge on any atom is -0.307 e. The van der Waals surface area contributed by atoms with Crippen LogP contribution in [0.5, 0.6) is 0 Å². The van der Waals surface area contributed by atoms with Crippen molar-refractivity contribution in [3.63, 3.8) is 0 Å². The summed E-state index contributed by atoms with van der Waals surface area (Å²) in [6.07, 6.45) is -2.39. The summed E-state index contributed by atoms with van der Waals surface area (Å²) in [5.41, 5.74) is -2.48. The van der Waals surface area contributed by atoms with Crippen molar-refractivity contribution >= 4 is 23.3 Å². The van der Waals surface area contributed by atoms with Crippen LogP contribution in [0.2, 0.25) is 5.02 Å². The predicted octanol–water partition coefficient (Wildman–Crippen LogP) is 4.54. The Morgan fingerprint density at radius 1 is 1.43 bits per heavy atom. The molecule has 0 fully saturated rings.